The normalized spacial score (nSPS) is 23.4. The summed E-state index contributed by atoms with van der Waals surface area (Å²) in [4.78, 5) is 14.0. The molecule has 0 fully saturated rings. The molecule has 1 aliphatic rings. The summed E-state index contributed by atoms with van der Waals surface area (Å²) in [6.07, 6.45) is 2.32. The molecular formula is C5H4Cl2N2O2. The standard InChI is InChI=1S/C5H4Cl2N2O2/c6-4(10)3-1-8-5(7)9(11)2-3/h1-2,5,11H. The van der Waals surface area contributed by atoms with Crippen LogP contribution in [0, 0.1) is 0 Å². The van der Waals surface area contributed by atoms with Crippen LogP contribution in [0.3, 0.4) is 0 Å². The number of carbonyl (C=O) groups excluding carboxylic acids is 1. The molecule has 6 heteroatoms. The van der Waals surface area contributed by atoms with Crippen molar-refractivity contribution in [1.82, 2.24) is 5.06 Å². The highest BCUT2D eigenvalue weighted by molar-refractivity contribution is 6.70. The Labute approximate surface area is 72.7 Å². The van der Waals surface area contributed by atoms with Gasteiger partial charge in [0.15, 0.2) is 0 Å². The highest BCUT2D eigenvalue weighted by Crippen LogP contribution is 2.12. The summed E-state index contributed by atoms with van der Waals surface area (Å²) in [6, 6.07) is 0. The SMILES string of the molecule is O=C(Cl)C1=CN(O)C(Cl)N=C1. The molecule has 4 nitrogen and oxygen atoms in total. The Morgan fingerprint density at radius 3 is 2.91 bits per heavy atom. The molecule has 60 valence electrons. The third-order valence-corrected chi connectivity index (χ3v) is 1.58. The van der Waals surface area contributed by atoms with E-state index in [4.69, 9.17) is 28.4 Å². The van der Waals surface area contributed by atoms with Crippen LogP contribution >= 0.6 is 23.2 Å². The van der Waals surface area contributed by atoms with Crippen LogP contribution < -0.4 is 0 Å². The van der Waals surface area contributed by atoms with E-state index in [1.807, 2.05) is 0 Å². The van der Waals surface area contributed by atoms with Crippen LogP contribution in [0.1, 0.15) is 0 Å². The van der Waals surface area contributed by atoms with Crippen LogP contribution in [0.2, 0.25) is 0 Å². The number of rotatable bonds is 1. The van der Waals surface area contributed by atoms with Gasteiger partial charge in [-0.25, -0.2) is 10.1 Å². The quantitative estimate of drug-likeness (QED) is 0.384. The summed E-state index contributed by atoms with van der Waals surface area (Å²) < 4.78 is 0. The van der Waals surface area contributed by atoms with E-state index in [0.29, 0.717) is 5.06 Å². The largest absolute Gasteiger partial charge is 0.286 e. The molecular weight excluding hydrogens is 191 g/mol. The molecule has 0 saturated carbocycles. The van der Waals surface area contributed by atoms with Crippen LogP contribution in [-0.2, 0) is 4.79 Å². The predicted molar refractivity (Wildman–Crippen MR) is 40.7 cm³/mol. The van der Waals surface area contributed by atoms with Crippen molar-refractivity contribution < 1.29 is 10.0 Å². The maximum absolute atomic E-state index is 10.5. The van der Waals surface area contributed by atoms with Gasteiger partial charge in [0.05, 0.1) is 5.57 Å². The number of carbonyl (C=O) groups is 1. The van der Waals surface area contributed by atoms with Gasteiger partial charge in [0.2, 0.25) is 5.62 Å². The monoisotopic (exact) mass is 194 g/mol. The van der Waals surface area contributed by atoms with Gasteiger partial charge in [-0.2, -0.15) is 0 Å². The minimum absolute atomic E-state index is 0.103. The minimum atomic E-state index is -0.880. The van der Waals surface area contributed by atoms with Gasteiger partial charge in [0, 0.05) is 12.4 Å². The summed E-state index contributed by atoms with van der Waals surface area (Å²) in [6.45, 7) is 0. The highest BCUT2D eigenvalue weighted by atomic mass is 35.5. The molecule has 0 amide bonds. The van der Waals surface area contributed by atoms with Crippen molar-refractivity contribution in [2.75, 3.05) is 0 Å². The Hall–Kier alpha value is -0.580. The summed E-state index contributed by atoms with van der Waals surface area (Å²) in [7, 11) is 0. The molecule has 1 atom stereocenters. The Morgan fingerprint density at radius 1 is 1.82 bits per heavy atom. The van der Waals surface area contributed by atoms with Gasteiger partial charge in [-0.05, 0) is 11.6 Å². The lowest BCUT2D eigenvalue weighted by Gasteiger charge is -2.18. The molecule has 1 rings (SSSR count). The van der Waals surface area contributed by atoms with E-state index in [1.54, 1.807) is 0 Å². The third kappa shape index (κ3) is 1.92. The Balaban J connectivity index is 2.80. The molecule has 1 aliphatic heterocycles. The van der Waals surface area contributed by atoms with Gasteiger partial charge in [0.25, 0.3) is 5.24 Å². The summed E-state index contributed by atoms with van der Waals surface area (Å²) in [5, 5.41) is 8.81. The van der Waals surface area contributed by atoms with Crippen molar-refractivity contribution in [2.24, 2.45) is 4.99 Å². The molecule has 0 bridgehead atoms. The van der Waals surface area contributed by atoms with Crippen molar-refractivity contribution in [1.29, 1.82) is 0 Å². The number of alkyl halides is 1. The number of hydroxylamine groups is 2. The van der Waals surface area contributed by atoms with Gasteiger partial charge >= 0.3 is 0 Å². The second-order valence-corrected chi connectivity index (χ2v) is 2.56. The lowest BCUT2D eigenvalue weighted by Crippen LogP contribution is -2.25. The first-order chi connectivity index (χ1) is 5.11. The average Bonchev–Trinajstić information content (AvgIpc) is 1.94. The number of halogens is 2. The Morgan fingerprint density at radius 2 is 2.45 bits per heavy atom. The molecule has 0 aromatic heterocycles. The zero-order valence-corrected chi connectivity index (χ0v) is 6.75. The second kappa shape index (κ2) is 3.21. The topological polar surface area (TPSA) is 52.9 Å². The summed E-state index contributed by atoms with van der Waals surface area (Å²) in [5.41, 5.74) is -0.777. The van der Waals surface area contributed by atoms with Gasteiger partial charge in [-0.15, -0.1) is 0 Å². The molecule has 0 saturated heterocycles. The Bertz CT molecular complexity index is 239. The van der Waals surface area contributed by atoms with Crippen LogP contribution in [0.5, 0.6) is 0 Å². The van der Waals surface area contributed by atoms with Crippen molar-refractivity contribution in [3.8, 4) is 0 Å². The molecule has 0 aromatic rings. The number of hydrogen-bond acceptors (Lipinski definition) is 4. The van der Waals surface area contributed by atoms with Crippen LogP contribution in [-0.4, -0.2) is 27.4 Å². The first-order valence-electron chi connectivity index (χ1n) is 2.67. The number of allylic oxidation sites excluding steroid dienone is 1. The molecule has 1 heterocycles. The fourth-order valence-corrected chi connectivity index (χ4v) is 0.759. The second-order valence-electron chi connectivity index (χ2n) is 1.83. The zero-order chi connectivity index (χ0) is 8.43. The molecule has 0 spiro atoms. The van der Waals surface area contributed by atoms with E-state index in [1.165, 1.54) is 6.21 Å². The highest BCUT2D eigenvalue weighted by Gasteiger charge is 2.15. The van der Waals surface area contributed by atoms with E-state index >= 15 is 0 Å². The minimum Gasteiger partial charge on any atom is -0.286 e. The molecule has 11 heavy (non-hydrogen) atoms. The average molecular weight is 195 g/mol. The fourth-order valence-electron chi connectivity index (χ4n) is 0.549. The number of aliphatic imine (C=N–C) groups is 1. The van der Waals surface area contributed by atoms with E-state index in [9.17, 15) is 4.79 Å². The maximum atomic E-state index is 10.5. The van der Waals surface area contributed by atoms with Crippen molar-refractivity contribution in [2.45, 2.75) is 5.62 Å². The molecule has 1 unspecified atom stereocenters. The van der Waals surface area contributed by atoms with Crippen LogP contribution in [0.15, 0.2) is 16.8 Å². The van der Waals surface area contributed by atoms with E-state index in [-0.39, 0.29) is 5.57 Å². The zero-order valence-electron chi connectivity index (χ0n) is 5.24. The third-order valence-electron chi connectivity index (χ3n) is 1.05. The first-order valence-corrected chi connectivity index (χ1v) is 3.49. The van der Waals surface area contributed by atoms with Gasteiger partial charge in [-0.1, -0.05) is 11.6 Å². The first kappa shape index (κ1) is 8.52. The lowest BCUT2D eigenvalue weighted by molar-refractivity contribution is -0.108. The predicted octanol–water partition coefficient (Wildman–Crippen LogP) is 0.934. The number of nitrogens with zero attached hydrogens (tertiary/aromatic N) is 2. The van der Waals surface area contributed by atoms with Gasteiger partial charge < -0.3 is 0 Å². The molecule has 0 radical (unpaired) electrons. The number of hydrogen-bond donors (Lipinski definition) is 1. The van der Waals surface area contributed by atoms with E-state index in [2.05, 4.69) is 4.99 Å². The van der Waals surface area contributed by atoms with Crippen LogP contribution in [0.25, 0.3) is 0 Å². The Kier molecular flexibility index (Phi) is 2.49. The van der Waals surface area contributed by atoms with Gasteiger partial charge in [-0.3, -0.25) is 10.0 Å². The molecule has 0 aromatic carbocycles. The van der Waals surface area contributed by atoms with E-state index < -0.39 is 10.9 Å². The van der Waals surface area contributed by atoms with Crippen molar-refractivity contribution >= 4 is 34.7 Å². The van der Waals surface area contributed by atoms with Crippen LogP contribution in [0.4, 0.5) is 0 Å². The fraction of sp³-hybridized carbons (Fsp3) is 0.200. The van der Waals surface area contributed by atoms with Crippen molar-refractivity contribution in [3.63, 3.8) is 0 Å². The van der Waals surface area contributed by atoms with E-state index in [0.717, 1.165) is 6.20 Å². The summed E-state index contributed by atoms with van der Waals surface area (Å²) in [5.74, 6) is 0. The summed E-state index contributed by atoms with van der Waals surface area (Å²) >= 11 is 10.5. The maximum Gasteiger partial charge on any atom is 0.255 e. The van der Waals surface area contributed by atoms with Gasteiger partial charge in [0.1, 0.15) is 0 Å². The van der Waals surface area contributed by atoms with Crippen molar-refractivity contribution in [3.05, 3.63) is 11.8 Å². The smallest absolute Gasteiger partial charge is 0.255 e. The molecule has 0 aliphatic carbocycles. The molecule has 1 N–H and O–H groups in total. The lowest BCUT2D eigenvalue weighted by atomic mass is 10.3.